The van der Waals surface area contributed by atoms with E-state index in [0.717, 1.165) is 12.8 Å². The van der Waals surface area contributed by atoms with Crippen LogP contribution in [-0.4, -0.2) is 39.4 Å². The number of benzene rings is 1. The van der Waals surface area contributed by atoms with E-state index in [1.54, 1.807) is 26.1 Å². The molecule has 1 fully saturated rings. The molecular weight excluding hydrogens is 278 g/mol. The minimum Gasteiger partial charge on any atom is -0.465 e. The molecule has 0 aliphatic heterocycles. The number of methoxy groups -OCH3 is 1. The van der Waals surface area contributed by atoms with Crippen LogP contribution < -0.4 is 0 Å². The van der Waals surface area contributed by atoms with Crippen LogP contribution >= 0.6 is 0 Å². The molecule has 1 aliphatic rings. The van der Waals surface area contributed by atoms with Crippen molar-refractivity contribution >= 4 is 16.0 Å². The first-order valence-corrected chi connectivity index (χ1v) is 7.95. The molecule has 0 radical (unpaired) electrons. The third-order valence-corrected chi connectivity index (χ3v) is 5.48. The van der Waals surface area contributed by atoms with Crippen molar-refractivity contribution in [3.63, 3.8) is 0 Å². The number of aryl methyl sites for hydroxylation is 1. The Morgan fingerprint density at radius 1 is 1.40 bits per heavy atom. The zero-order valence-electron chi connectivity index (χ0n) is 11.9. The Balaban J connectivity index is 2.36. The number of sulfonamides is 1. The summed E-state index contributed by atoms with van der Waals surface area (Å²) in [7, 11) is -0.709. The van der Waals surface area contributed by atoms with Gasteiger partial charge in [-0.3, -0.25) is 0 Å². The predicted octanol–water partition coefficient (Wildman–Crippen LogP) is 1.81. The lowest BCUT2D eigenvalue weighted by molar-refractivity contribution is 0.0600. The summed E-state index contributed by atoms with van der Waals surface area (Å²) in [6.45, 7) is 2.25. The molecule has 5 nitrogen and oxygen atoms in total. The number of rotatable bonds is 5. The quantitative estimate of drug-likeness (QED) is 0.778. The van der Waals surface area contributed by atoms with E-state index in [-0.39, 0.29) is 10.5 Å². The lowest BCUT2D eigenvalue weighted by Crippen LogP contribution is -2.29. The van der Waals surface area contributed by atoms with Crippen molar-refractivity contribution < 1.29 is 17.9 Å². The Labute approximate surface area is 119 Å². The number of hydrogen-bond donors (Lipinski definition) is 0. The Hall–Kier alpha value is -1.40. The lowest BCUT2D eigenvalue weighted by atomic mass is 10.1. The lowest BCUT2D eigenvalue weighted by Gasteiger charge is -2.18. The fraction of sp³-hybridized carbons (Fsp3) is 0.500. The summed E-state index contributed by atoms with van der Waals surface area (Å²) in [5.74, 6) is -0.0647. The molecule has 0 saturated heterocycles. The summed E-state index contributed by atoms with van der Waals surface area (Å²) < 4.78 is 31.1. The molecule has 0 unspecified atom stereocenters. The third-order valence-electron chi connectivity index (χ3n) is 3.51. The van der Waals surface area contributed by atoms with E-state index in [0.29, 0.717) is 18.0 Å². The number of nitrogens with zero attached hydrogens (tertiary/aromatic N) is 1. The van der Waals surface area contributed by atoms with E-state index < -0.39 is 16.0 Å². The maximum atomic E-state index is 12.6. The van der Waals surface area contributed by atoms with Gasteiger partial charge in [-0.05, 0) is 43.4 Å². The van der Waals surface area contributed by atoms with Crippen molar-refractivity contribution in [2.24, 2.45) is 5.92 Å². The highest BCUT2D eigenvalue weighted by Gasteiger charge is 2.30. The van der Waals surface area contributed by atoms with Crippen LogP contribution in [0.2, 0.25) is 0 Å². The number of carbonyl (C=O) groups excluding carboxylic acids is 1. The zero-order valence-corrected chi connectivity index (χ0v) is 12.7. The van der Waals surface area contributed by atoms with Crippen LogP contribution in [0.3, 0.4) is 0 Å². The summed E-state index contributed by atoms with van der Waals surface area (Å²) in [6.07, 6.45) is 2.17. The van der Waals surface area contributed by atoms with Crippen molar-refractivity contribution in [3.05, 3.63) is 29.3 Å². The van der Waals surface area contributed by atoms with Gasteiger partial charge in [-0.15, -0.1) is 0 Å². The van der Waals surface area contributed by atoms with Crippen LogP contribution in [0.15, 0.2) is 23.1 Å². The van der Waals surface area contributed by atoms with E-state index in [4.69, 9.17) is 0 Å². The molecule has 0 atom stereocenters. The normalized spacial score (nSPS) is 15.4. The highest BCUT2D eigenvalue weighted by atomic mass is 32.2. The van der Waals surface area contributed by atoms with Gasteiger partial charge in [0.15, 0.2) is 0 Å². The van der Waals surface area contributed by atoms with Crippen molar-refractivity contribution in [3.8, 4) is 0 Å². The number of esters is 1. The Kier molecular flexibility index (Phi) is 4.15. The monoisotopic (exact) mass is 297 g/mol. The molecule has 1 aliphatic carbocycles. The van der Waals surface area contributed by atoms with Gasteiger partial charge in [0, 0.05) is 13.6 Å². The standard InChI is InChI=1S/C14H19NO4S/c1-10-4-7-12(14(16)19-3)8-13(10)20(17,18)15(2)9-11-5-6-11/h4,7-8,11H,5-6,9H2,1-3H3. The molecule has 0 heterocycles. The van der Waals surface area contributed by atoms with Gasteiger partial charge < -0.3 is 4.74 Å². The number of hydrogen-bond acceptors (Lipinski definition) is 4. The van der Waals surface area contributed by atoms with Crippen LogP contribution in [-0.2, 0) is 14.8 Å². The first-order valence-electron chi connectivity index (χ1n) is 6.51. The van der Waals surface area contributed by atoms with Gasteiger partial charge in [0.1, 0.15) is 0 Å². The summed E-state index contributed by atoms with van der Waals surface area (Å²) in [5.41, 5.74) is 0.872. The fourth-order valence-corrected chi connectivity index (χ4v) is 3.55. The fourth-order valence-electron chi connectivity index (χ4n) is 2.05. The molecule has 110 valence electrons. The SMILES string of the molecule is COC(=O)c1ccc(C)c(S(=O)(=O)N(C)CC2CC2)c1. The minimum atomic E-state index is -3.56. The molecule has 0 N–H and O–H groups in total. The average Bonchev–Trinajstić information content (AvgIpc) is 3.22. The van der Waals surface area contributed by atoms with Crippen LogP contribution in [0.1, 0.15) is 28.8 Å². The van der Waals surface area contributed by atoms with Crippen molar-refractivity contribution in [2.75, 3.05) is 20.7 Å². The molecule has 2 rings (SSSR count). The van der Waals surface area contributed by atoms with Crippen LogP contribution in [0, 0.1) is 12.8 Å². The van der Waals surface area contributed by atoms with E-state index in [2.05, 4.69) is 4.74 Å². The van der Waals surface area contributed by atoms with Gasteiger partial charge in [0.05, 0.1) is 17.6 Å². The second-order valence-corrected chi connectivity index (χ2v) is 7.21. The minimum absolute atomic E-state index is 0.170. The van der Waals surface area contributed by atoms with E-state index in [1.165, 1.54) is 17.5 Å². The first kappa shape index (κ1) is 15.0. The highest BCUT2D eigenvalue weighted by molar-refractivity contribution is 7.89. The highest BCUT2D eigenvalue weighted by Crippen LogP contribution is 2.31. The molecule has 0 amide bonds. The summed E-state index contributed by atoms with van der Waals surface area (Å²) in [6, 6.07) is 4.59. The van der Waals surface area contributed by atoms with Gasteiger partial charge >= 0.3 is 5.97 Å². The Bertz CT molecular complexity index is 620. The van der Waals surface area contributed by atoms with Crippen LogP contribution in [0.4, 0.5) is 0 Å². The number of carbonyl (C=O) groups is 1. The molecule has 1 saturated carbocycles. The van der Waals surface area contributed by atoms with Crippen LogP contribution in [0.5, 0.6) is 0 Å². The Morgan fingerprint density at radius 2 is 2.05 bits per heavy atom. The van der Waals surface area contributed by atoms with E-state index >= 15 is 0 Å². The van der Waals surface area contributed by atoms with E-state index in [1.807, 2.05) is 0 Å². The molecule has 6 heteroatoms. The largest absolute Gasteiger partial charge is 0.465 e. The average molecular weight is 297 g/mol. The third kappa shape index (κ3) is 3.02. The second kappa shape index (κ2) is 5.54. The first-order chi connectivity index (χ1) is 9.36. The van der Waals surface area contributed by atoms with Gasteiger partial charge in [-0.1, -0.05) is 6.07 Å². The molecule has 1 aromatic carbocycles. The summed E-state index contributed by atoms with van der Waals surface area (Å²) >= 11 is 0. The summed E-state index contributed by atoms with van der Waals surface area (Å²) in [5, 5.41) is 0. The molecule has 1 aromatic rings. The van der Waals surface area contributed by atoms with Gasteiger partial charge in [-0.25, -0.2) is 17.5 Å². The molecule has 20 heavy (non-hydrogen) atoms. The van der Waals surface area contributed by atoms with Gasteiger partial charge in [0.2, 0.25) is 10.0 Å². The molecule has 0 spiro atoms. The van der Waals surface area contributed by atoms with Crippen molar-refractivity contribution in [1.82, 2.24) is 4.31 Å². The maximum Gasteiger partial charge on any atom is 0.337 e. The molecule has 0 bridgehead atoms. The summed E-state index contributed by atoms with van der Waals surface area (Å²) in [4.78, 5) is 11.7. The van der Waals surface area contributed by atoms with Crippen molar-refractivity contribution in [2.45, 2.75) is 24.7 Å². The van der Waals surface area contributed by atoms with Gasteiger partial charge in [0.25, 0.3) is 0 Å². The van der Waals surface area contributed by atoms with Crippen LogP contribution in [0.25, 0.3) is 0 Å². The second-order valence-electron chi connectivity index (χ2n) is 5.20. The van der Waals surface area contributed by atoms with Crippen molar-refractivity contribution in [1.29, 1.82) is 0 Å². The Morgan fingerprint density at radius 3 is 2.60 bits per heavy atom. The zero-order chi connectivity index (χ0) is 14.9. The molecule has 0 aromatic heterocycles. The topological polar surface area (TPSA) is 63.7 Å². The smallest absolute Gasteiger partial charge is 0.337 e. The molecular formula is C14H19NO4S. The maximum absolute atomic E-state index is 12.6. The van der Waals surface area contributed by atoms with E-state index in [9.17, 15) is 13.2 Å². The predicted molar refractivity (Wildman–Crippen MR) is 75.1 cm³/mol. The number of ether oxygens (including phenoxy) is 1. The van der Waals surface area contributed by atoms with Gasteiger partial charge in [-0.2, -0.15) is 0 Å².